The summed E-state index contributed by atoms with van der Waals surface area (Å²) in [6.07, 6.45) is 0.954. The Morgan fingerprint density at radius 2 is 0.974 bits per heavy atom. The molecule has 0 N–H and O–H groups in total. The van der Waals surface area contributed by atoms with Gasteiger partial charge in [0.25, 0.3) is 6.71 Å². The van der Waals surface area contributed by atoms with Crippen LogP contribution in [0.3, 0.4) is 0 Å². The zero-order chi connectivity index (χ0) is 51.6. The summed E-state index contributed by atoms with van der Waals surface area (Å²) in [5, 5.41) is 9.02. The molecule has 4 heteroatoms. The van der Waals surface area contributed by atoms with Crippen LogP contribution >= 0.6 is 11.3 Å². The molecule has 2 nitrogen and oxygen atoms in total. The summed E-state index contributed by atoms with van der Waals surface area (Å²) in [6.45, 7) is 16.3. The van der Waals surface area contributed by atoms with E-state index in [4.69, 9.17) is 0 Å². The molecule has 2 aliphatic rings. The number of benzene rings is 11. The molecular formula is C72H59BN2S. The molecule has 14 rings (SSSR count). The first-order chi connectivity index (χ1) is 36.9. The van der Waals surface area contributed by atoms with Crippen LogP contribution in [-0.4, -0.2) is 6.71 Å². The lowest BCUT2D eigenvalue weighted by molar-refractivity contribution is 0.590. The van der Waals surface area contributed by atoms with Crippen LogP contribution in [0.5, 0.6) is 0 Å². The third kappa shape index (κ3) is 7.29. The first-order valence-corrected chi connectivity index (χ1v) is 27.9. The Kier molecular flexibility index (Phi) is 10.6. The van der Waals surface area contributed by atoms with Crippen LogP contribution < -0.4 is 25.5 Å². The first-order valence-electron chi connectivity index (χ1n) is 27.1. The van der Waals surface area contributed by atoms with Gasteiger partial charge in [-0.1, -0.05) is 206 Å². The Labute approximate surface area is 451 Å². The van der Waals surface area contributed by atoms with E-state index >= 15 is 0 Å². The zero-order valence-electron chi connectivity index (χ0n) is 44.4. The Hall–Kier alpha value is -8.18. The van der Waals surface area contributed by atoms with Gasteiger partial charge in [-0.2, -0.15) is 0 Å². The van der Waals surface area contributed by atoms with Gasteiger partial charge in [0.15, 0.2) is 0 Å². The number of nitrogens with zero attached hydrogens (tertiary/aromatic N) is 2. The summed E-state index contributed by atoms with van der Waals surface area (Å²) in [5.74, 6) is 0. The number of anilines is 6. The average Bonchev–Trinajstić information content (AvgIpc) is 3.99. The lowest BCUT2D eigenvalue weighted by atomic mass is 9.36. The van der Waals surface area contributed by atoms with Gasteiger partial charge in [-0.25, -0.2) is 0 Å². The zero-order valence-corrected chi connectivity index (χ0v) is 45.2. The van der Waals surface area contributed by atoms with Gasteiger partial charge in [0.2, 0.25) is 0 Å². The minimum atomic E-state index is -0.0700. The van der Waals surface area contributed by atoms with E-state index in [1.807, 2.05) is 11.3 Å². The highest BCUT2D eigenvalue weighted by molar-refractivity contribution is 7.33. The fourth-order valence-electron chi connectivity index (χ4n) is 12.6. The second-order valence-electron chi connectivity index (χ2n) is 23.1. The van der Waals surface area contributed by atoms with E-state index in [1.54, 1.807) is 0 Å². The summed E-state index contributed by atoms with van der Waals surface area (Å²) < 4.78 is 2.70. The minimum Gasteiger partial charge on any atom is -0.311 e. The third-order valence-electron chi connectivity index (χ3n) is 16.5. The first kappa shape index (κ1) is 46.4. The van der Waals surface area contributed by atoms with Gasteiger partial charge in [0.05, 0.1) is 11.4 Å². The second-order valence-corrected chi connectivity index (χ2v) is 24.2. The Morgan fingerprint density at radius 1 is 0.395 bits per heavy atom. The van der Waals surface area contributed by atoms with E-state index in [0.29, 0.717) is 0 Å². The number of thiophene rings is 1. The van der Waals surface area contributed by atoms with Gasteiger partial charge >= 0.3 is 0 Å². The Balaban J connectivity index is 1.06. The van der Waals surface area contributed by atoms with Crippen molar-refractivity contribution in [2.45, 2.75) is 65.7 Å². The highest BCUT2D eigenvalue weighted by Crippen LogP contribution is 2.51. The predicted molar refractivity (Wildman–Crippen MR) is 331 cm³/mol. The number of fused-ring (bicyclic) bond motifs is 12. The molecule has 3 heterocycles. The van der Waals surface area contributed by atoms with E-state index in [2.05, 4.69) is 277 Å². The van der Waals surface area contributed by atoms with Crippen LogP contribution in [0, 0.1) is 0 Å². The molecule has 2 aliphatic heterocycles. The van der Waals surface area contributed by atoms with Crippen molar-refractivity contribution in [2.75, 3.05) is 9.80 Å². The van der Waals surface area contributed by atoms with Gasteiger partial charge in [0.1, 0.15) is 0 Å². The molecule has 366 valence electrons. The van der Waals surface area contributed by atoms with Crippen LogP contribution in [-0.2, 0) is 17.3 Å². The lowest BCUT2D eigenvalue weighted by Gasteiger charge is -2.43. The Morgan fingerprint density at radius 3 is 1.63 bits per heavy atom. The molecule has 11 aromatic carbocycles. The minimum absolute atomic E-state index is 0.0143. The number of aryl methyl sites for hydroxylation is 1. The van der Waals surface area contributed by atoms with Crippen molar-refractivity contribution in [3.63, 3.8) is 0 Å². The molecular weight excluding hydrogens is 936 g/mol. The van der Waals surface area contributed by atoms with E-state index in [9.17, 15) is 0 Å². The molecule has 0 spiro atoms. The lowest BCUT2D eigenvalue weighted by Crippen LogP contribution is -2.60. The van der Waals surface area contributed by atoms with Crippen molar-refractivity contribution < 1.29 is 0 Å². The van der Waals surface area contributed by atoms with Crippen molar-refractivity contribution in [3.8, 4) is 33.4 Å². The van der Waals surface area contributed by atoms with Gasteiger partial charge in [0, 0.05) is 43.2 Å². The molecule has 0 bridgehead atoms. The molecule has 0 saturated carbocycles. The summed E-state index contributed by atoms with van der Waals surface area (Å²) in [7, 11) is 0. The maximum Gasteiger partial charge on any atom is 0.264 e. The SMILES string of the molecule is CCc1ccc2c(c1)B1c3sc4ccc(C(C)(C)C)cc4c3N(c3ccc(-c4ccccc4)c(-c4ccccc4)c3)c3cccc(c31)N2c1ccc(C(C)(C)C)cc1-c1ccc2c3ccccc3c3ccccc3c2c1. The summed E-state index contributed by atoms with van der Waals surface area (Å²) >= 11 is 1.98. The molecule has 76 heavy (non-hydrogen) atoms. The Bertz CT molecular complexity index is 4270. The maximum absolute atomic E-state index is 2.63. The van der Waals surface area contributed by atoms with Crippen LogP contribution in [0.2, 0.25) is 0 Å². The fraction of sp³-hybridized carbons (Fsp3) is 0.139. The van der Waals surface area contributed by atoms with Crippen molar-refractivity contribution >= 4 is 110 Å². The predicted octanol–water partition coefficient (Wildman–Crippen LogP) is 18.6. The molecule has 0 unspecified atom stereocenters. The summed E-state index contributed by atoms with van der Waals surface area (Å²) in [5.41, 5.74) is 21.2. The van der Waals surface area contributed by atoms with E-state index in [-0.39, 0.29) is 17.5 Å². The average molecular weight is 995 g/mol. The molecule has 0 fully saturated rings. The second kappa shape index (κ2) is 17.4. The van der Waals surface area contributed by atoms with Crippen molar-refractivity contribution in [1.82, 2.24) is 0 Å². The van der Waals surface area contributed by atoms with Gasteiger partial charge in [-0.05, 0) is 166 Å². The van der Waals surface area contributed by atoms with E-state index in [1.165, 1.54) is 137 Å². The smallest absolute Gasteiger partial charge is 0.264 e. The normalized spacial score (nSPS) is 13.2. The number of hydrogen-bond acceptors (Lipinski definition) is 3. The fourth-order valence-corrected chi connectivity index (χ4v) is 13.9. The van der Waals surface area contributed by atoms with Crippen molar-refractivity contribution in [3.05, 3.63) is 235 Å². The maximum atomic E-state index is 2.63. The topological polar surface area (TPSA) is 6.48 Å². The molecule has 0 atom stereocenters. The molecule has 0 aliphatic carbocycles. The molecule has 1 aromatic heterocycles. The third-order valence-corrected chi connectivity index (χ3v) is 17.7. The highest BCUT2D eigenvalue weighted by atomic mass is 32.1. The molecule has 0 radical (unpaired) electrons. The summed E-state index contributed by atoms with van der Waals surface area (Å²) in [4.78, 5) is 5.25. The number of rotatable bonds is 6. The monoisotopic (exact) mass is 994 g/mol. The van der Waals surface area contributed by atoms with Gasteiger partial charge < -0.3 is 9.80 Å². The largest absolute Gasteiger partial charge is 0.311 e. The van der Waals surface area contributed by atoms with E-state index in [0.717, 1.165) is 12.1 Å². The van der Waals surface area contributed by atoms with E-state index < -0.39 is 0 Å². The van der Waals surface area contributed by atoms with Gasteiger partial charge in [-0.3, -0.25) is 0 Å². The van der Waals surface area contributed by atoms with Crippen molar-refractivity contribution in [1.29, 1.82) is 0 Å². The van der Waals surface area contributed by atoms with Crippen LogP contribution in [0.4, 0.5) is 34.1 Å². The van der Waals surface area contributed by atoms with Crippen LogP contribution in [0.25, 0.3) is 75.8 Å². The van der Waals surface area contributed by atoms with Gasteiger partial charge in [-0.15, -0.1) is 11.3 Å². The molecule has 0 amide bonds. The number of hydrogen-bond donors (Lipinski definition) is 0. The summed E-state index contributed by atoms with van der Waals surface area (Å²) in [6, 6.07) is 83.1. The molecule has 0 saturated heterocycles. The van der Waals surface area contributed by atoms with Crippen LogP contribution in [0.1, 0.15) is 65.2 Å². The standard InChI is InChI=1S/C72H59BN2S/c1-8-45-30-37-64-62(40-45)73-68-65(74(69-61-43-50(72(5,6)7)33-39-67(61)76-70(69)73)51-34-36-52(46-20-11-9-12-21-46)58(44-51)47-22-13-10-14-23-47)28-19-29-66(68)75(64)63-38-32-49(71(2,3)4)42-59(63)48-31-35-57-55-26-16-15-24-53(55)54-25-17-18-27-56(54)60(57)41-48/h9-44H,8H2,1-7H3. The van der Waals surface area contributed by atoms with Crippen LogP contribution in [0.15, 0.2) is 218 Å². The highest BCUT2D eigenvalue weighted by Gasteiger charge is 2.46. The quantitative estimate of drug-likeness (QED) is 0.121. The van der Waals surface area contributed by atoms with Crippen molar-refractivity contribution in [2.24, 2.45) is 0 Å². The molecule has 12 aromatic rings.